The topological polar surface area (TPSA) is 84.8 Å². The molecule has 0 unspecified atom stereocenters. The molecule has 13 heavy (non-hydrogen) atoms. The van der Waals surface area contributed by atoms with Gasteiger partial charge in [-0.3, -0.25) is 0 Å². The van der Waals surface area contributed by atoms with Crippen molar-refractivity contribution >= 4 is 17.7 Å². The van der Waals surface area contributed by atoms with E-state index in [0.29, 0.717) is 10.6 Å². The van der Waals surface area contributed by atoms with Gasteiger partial charge in [0.15, 0.2) is 0 Å². The molecule has 2 N–H and O–H groups in total. The molecular formula is C7H8N4OS. The zero-order valence-electron chi connectivity index (χ0n) is 7.24. The number of anilines is 1. The van der Waals surface area contributed by atoms with Crippen LogP contribution in [0.15, 0.2) is 5.03 Å². The number of nitrogen functional groups attached to an aromatic ring is 1. The molecule has 0 aliphatic rings. The Morgan fingerprint density at radius 3 is 2.69 bits per heavy atom. The van der Waals surface area contributed by atoms with Crippen molar-refractivity contribution in [3.8, 4) is 11.9 Å². The second-order valence-electron chi connectivity index (χ2n) is 2.09. The summed E-state index contributed by atoms with van der Waals surface area (Å²) < 4.78 is 4.89. The Bertz CT molecular complexity index is 335. The fourth-order valence-corrected chi connectivity index (χ4v) is 1.35. The van der Waals surface area contributed by atoms with Gasteiger partial charge in [0.05, 0.1) is 7.11 Å². The molecule has 0 spiro atoms. The fourth-order valence-electron chi connectivity index (χ4n) is 0.827. The van der Waals surface area contributed by atoms with Gasteiger partial charge in [-0.15, -0.1) is 11.8 Å². The van der Waals surface area contributed by atoms with Crippen LogP contribution < -0.4 is 10.5 Å². The van der Waals surface area contributed by atoms with Gasteiger partial charge >= 0.3 is 0 Å². The lowest BCUT2D eigenvalue weighted by Crippen LogP contribution is -2.02. The van der Waals surface area contributed by atoms with Crippen molar-refractivity contribution in [2.75, 3.05) is 19.1 Å². The van der Waals surface area contributed by atoms with Crippen molar-refractivity contribution in [1.82, 2.24) is 9.97 Å². The van der Waals surface area contributed by atoms with E-state index in [1.54, 1.807) is 0 Å². The number of thioether (sulfide) groups is 1. The van der Waals surface area contributed by atoms with Crippen LogP contribution in [0.1, 0.15) is 5.56 Å². The molecule has 1 heterocycles. The molecule has 0 bridgehead atoms. The van der Waals surface area contributed by atoms with Gasteiger partial charge in [-0.25, -0.2) is 4.98 Å². The van der Waals surface area contributed by atoms with E-state index in [0.717, 1.165) is 0 Å². The SMILES string of the molecule is COc1nc(N)nc(SC)c1C#N. The maximum Gasteiger partial charge on any atom is 0.237 e. The number of aromatic nitrogens is 2. The zero-order valence-corrected chi connectivity index (χ0v) is 8.05. The lowest BCUT2D eigenvalue weighted by molar-refractivity contribution is 0.394. The molecule has 68 valence electrons. The van der Waals surface area contributed by atoms with Gasteiger partial charge in [0.2, 0.25) is 11.8 Å². The van der Waals surface area contributed by atoms with Crippen LogP contribution in [0.3, 0.4) is 0 Å². The molecule has 0 saturated heterocycles. The van der Waals surface area contributed by atoms with E-state index < -0.39 is 0 Å². The Labute approximate surface area is 79.9 Å². The van der Waals surface area contributed by atoms with Crippen LogP contribution in [0.4, 0.5) is 5.95 Å². The quantitative estimate of drug-likeness (QED) is 0.552. The number of methoxy groups -OCH3 is 1. The molecule has 0 fully saturated rings. The first-order valence-electron chi connectivity index (χ1n) is 3.38. The van der Waals surface area contributed by atoms with Crippen LogP contribution in [0.5, 0.6) is 5.88 Å². The second-order valence-corrected chi connectivity index (χ2v) is 2.88. The highest BCUT2D eigenvalue weighted by Gasteiger charge is 2.12. The molecule has 0 aliphatic carbocycles. The van der Waals surface area contributed by atoms with E-state index in [1.165, 1.54) is 18.9 Å². The van der Waals surface area contributed by atoms with Crippen molar-refractivity contribution in [3.63, 3.8) is 0 Å². The zero-order chi connectivity index (χ0) is 9.84. The molecule has 0 radical (unpaired) electrons. The van der Waals surface area contributed by atoms with Crippen LogP contribution in [0, 0.1) is 11.3 Å². The molecule has 0 aliphatic heterocycles. The summed E-state index contributed by atoms with van der Waals surface area (Å²) in [5.74, 6) is 0.333. The molecule has 1 rings (SSSR count). The number of ether oxygens (including phenoxy) is 1. The standard InChI is InChI=1S/C7H8N4OS/c1-12-5-4(3-8)6(13-2)11-7(9)10-5/h1-2H3,(H2,9,10,11). The minimum Gasteiger partial charge on any atom is -0.480 e. The van der Waals surface area contributed by atoms with Crippen LogP contribution >= 0.6 is 11.8 Å². The maximum absolute atomic E-state index is 8.79. The third kappa shape index (κ3) is 1.81. The first-order chi connectivity index (χ1) is 6.22. The van der Waals surface area contributed by atoms with Gasteiger partial charge in [0.1, 0.15) is 16.7 Å². The smallest absolute Gasteiger partial charge is 0.237 e. The number of nitriles is 1. The predicted octanol–water partition coefficient (Wildman–Crippen LogP) is 0.661. The van der Waals surface area contributed by atoms with Crippen molar-refractivity contribution < 1.29 is 4.74 Å². The van der Waals surface area contributed by atoms with Crippen molar-refractivity contribution in [1.29, 1.82) is 5.26 Å². The molecule has 6 heteroatoms. The van der Waals surface area contributed by atoms with E-state index in [1.807, 2.05) is 12.3 Å². The monoisotopic (exact) mass is 196 g/mol. The molecule has 5 nitrogen and oxygen atoms in total. The molecule has 0 amide bonds. The highest BCUT2D eigenvalue weighted by atomic mass is 32.2. The number of nitrogens with two attached hydrogens (primary N) is 1. The molecule has 0 aromatic carbocycles. The first-order valence-corrected chi connectivity index (χ1v) is 4.61. The van der Waals surface area contributed by atoms with Crippen LogP contribution in [-0.4, -0.2) is 23.3 Å². The summed E-state index contributed by atoms with van der Waals surface area (Å²) in [6.07, 6.45) is 1.81. The van der Waals surface area contributed by atoms with Crippen LogP contribution in [0.2, 0.25) is 0 Å². The van der Waals surface area contributed by atoms with Gasteiger partial charge < -0.3 is 10.5 Å². The number of hydrogen-bond donors (Lipinski definition) is 1. The van der Waals surface area contributed by atoms with Crippen LogP contribution in [-0.2, 0) is 0 Å². The Morgan fingerprint density at radius 1 is 1.54 bits per heavy atom. The lowest BCUT2D eigenvalue weighted by atomic mass is 10.3. The summed E-state index contributed by atoms with van der Waals surface area (Å²) in [5.41, 5.74) is 5.73. The van der Waals surface area contributed by atoms with Crippen molar-refractivity contribution in [3.05, 3.63) is 5.56 Å². The van der Waals surface area contributed by atoms with Crippen molar-refractivity contribution in [2.24, 2.45) is 0 Å². The Hall–Kier alpha value is -1.48. The van der Waals surface area contributed by atoms with Gasteiger partial charge in [-0.2, -0.15) is 10.2 Å². The van der Waals surface area contributed by atoms with Gasteiger partial charge in [0, 0.05) is 0 Å². The third-order valence-electron chi connectivity index (χ3n) is 1.36. The molecule has 1 aromatic rings. The molecule has 0 saturated carbocycles. The predicted molar refractivity (Wildman–Crippen MR) is 49.5 cm³/mol. The number of nitrogens with zero attached hydrogens (tertiary/aromatic N) is 3. The maximum atomic E-state index is 8.79. The summed E-state index contributed by atoms with van der Waals surface area (Å²) in [6, 6.07) is 1.97. The van der Waals surface area contributed by atoms with E-state index in [-0.39, 0.29) is 11.8 Å². The molecule has 0 atom stereocenters. The van der Waals surface area contributed by atoms with E-state index in [4.69, 9.17) is 15.7 Å². The van der Waals surface area contributed by atoms with Gasteiger partial charge in [-0.1, -0.05) is 0 Å². The van der Waals surface area contributed by atoms with Gasteiger partial charge in [0.25, 0.3) is 0 Å². The highest BCUT2D eigenvalue weighted by molar-refractivity contribution is 7.98. The van der Waals surface area contributed by atoms with E-state index in [2.05, 4.69) is 9.97 Å². The van der Waals surface area contributed by atoms with E-state index >= 15 is 0 Å². The summed E-state index contributed by atoms with van der Waals surface area (Å²) in [4.78, 5) is 7.68. The molecular weight excluding hydrogens is 188 g/mol. The number of hydrogen-bond acceptors (Lipinski definition) is 6. The normalized spacial score (nSPS) is 9.31. The summed E-state index contributed by atoms with van der Waals surface area (Å²) in [7, 11) is 1.44. The fraction of sp³-hybridized carbons (Fsp3) is 0.286. The average molecular weight is 196 g/mol. The Morgan fingerprint density at radius 2 is 2.23 bits per heavy atom. The summed E-state index contributed by atoms with van der Waals surface area (Å²) in [6.45, 7) is 0. The van der Waals surface area contributed by atoms with Gasteiger partial charge in [-0.05, 0) is 6.26 Å². The highest BCUT2D eigenvalue weighted by Crippen LogP contribution is 2.24. The third-order valence-corrected chi connectivity index (χ3v) is 2.04. The second kappa shape index (κ2) is 3.96. The molecule has 1 aromatic heterocycles. The lowest BCUT2D eigenvalue weighted by Gasteiger charge is -2.04. The largest absolute Gasteiger partial charge is 0.480 e. The minimum absolute atomic E-state index is 0.111. The van der Waals surface area contributed by atoms with Crippen molar-refractivity contribution in [2.45, 2.75) is 5.03 Å². The first kappa shape index (κ1) is 9.61. The van der Waals surface area contributed by atoms with E-state index in [9.17, 15) is 0 Å². The minimum atomic E-state index is 0.111. The Kier molecular flexibility index (Phi) is 2.93. The van der Waals surface area contributed by atoms with Crippen LogP contribution in [0.25, 0.3) is 0 Å². The average Bonchev–Trinajstić information content (AvgIpc) is 2.16. The summed E-state index contributed by atoms with van der Waals surface area (Å²) >= 11 is 1.33. The Balaban J connectivity index is 3.36. The summed E-state index contributed by atoms with van der Waals surface area (Å²) in [5, 5.41) is 9.32. The number of rotatable bonds is 2.